The van der Waals surface area contributed by atoms with Gasteiger partial charge in [0.05, 0.1) is 17.5 Å². The number of benzene rings is 1. The third-order valence-electron chi connectivity index (χ3n) is 3.52. The number of hydrogen-bond donors (Lipinski definition) is 0. The summed E-state index contributed by atoms with van der Waals surface area (Å²) in [7, 11) is 0. The smallest absolute Gasteiger partial charge is 0.0708 e. The van der Waals surface area contributed by atoms with Crippen LogP contribution in [0, 0.1) is 24.2 Å². The molecule has 0 N–H and O–H groups in total. The van der Waals surface area contributed by atoms with Gasteiger partial charge in [-0.3, -0.25) is 9.88 Å². The van der Waals surface area contributed by atoms with Crippen LogP contribution in [0.15, 0.2) is 30.3 Å². The molecule has 0 spiro atoms. The molecular formula is C17H21N3. The van der Waals surface area contributed by atoms with Gasteiger partial charge < -0.3 is 0 Å². The molecule has 104 valence electrons. The fourth-order valence-electron chi connectivity index (χ4n) is 2.50. The molecule has 20 heavy (non-hydrogen) atoms. The topological polar surface area (TPSA) is 39.9 Å². The minimum Gasteiger partial charge on any atom is -0.298 e. The molecule has 1 aromatic heterocycles. The summed E-state index contributed by atoms with van der Waals surface area (Å²) >= 11 is 0. The van der Waals surface area contributed by atoms with Crippen LogP contribution in [-0.2, 0) is 6.54 Å². The molecule has 1 heterocycles. The van der Waals surface area contributed by atoms with Crippen molar-refractivity contribution >= 4 is 10.9 Å². The van der Waals surface area contributed by atoms with E-state index in [1.165, 1.54) is 10.9 Å². The second-order valence-electron chi connectivity index (χ2n) is 5.30. The summed E-state index contributed by atoms with van der Waals surface area (Å²) < 4.78 is 0. The molecule has 0 saturated carbocycles. The third kappa shape index (κ3) is 3.34. The van der Waals surface area contributed by atoms with Gasteiger partial charge in [0.2, 0.25) is 0 Å². The van der Waals surface area contributed by atoms with E-state index in [1.807, 2.05) is 19.9 Å². The Morgan fingerprint density at radius 2 is 2.10 bits per heavy atom. The molecular weight excluding hydrogens is 246 g/mol. The summed E-state index contributed by atoms with van der Waals surface area (Å²) in [4.78, 5) is 6.89. The van der Waals surface area contributed by atoms with Gasteiger partial charge in [-0.25, -0.2) is 0 Å². The molecule has 1 atom stereocenters. The van der Waals surface area contributed by atoms with Crippen LogP contribution >= 0.6 is 0 Å². The van der Waals surface area contributed by atoms with Crippen molar-refractivity contribution in [3.8, 4) is 6.07 Å². The van der Waals surface area contributed by atoms with Crippen LogP contribution in [0.3, 0.4) is 0 Å². The van der Waals surface area contributed by atoms with Gasteiger partial charge in [0.1, 0.15) is 0 Å². The molecule has 0 aliphatic carbocycles. The van der Waals surface area contributed by atoms with Crippen molar-refractivity contribution < 1.29 is 0 Å². The van der Waals surface area contributed by atoms with Gasteiger partial charge >= 0.3 is 0 Å². The summed E-state index contributed by atoms with van der Waals surface area (Å²) in [6.45, 7) is 8.76. The Kier molecular flexibility index (Phi) is 4.70. The second kappa shape index (κ2) is 6.49. The quantitative estimate of drug-likeness (QED) is 0.832. The zero-order chi connectivity index (χ0) is 14.5. The molecule has 0 saturated heterocycles. The first-order valence-electron chi connectivity index (χ1n) is 7.11. The lowest BCUT2D eigenvalue weighted by molar-refractivity contribution is 0.261. The molecule has 2 rings (SSSR count). The Bertz CT molecular complexity index is 628. The van der Waals surface area contributed by atoms with Gasteiger partial charge in [0.15, 0.2) is 0 Å². The molecule has 0 aliphatic heterocycles. The number of nitrogens with zero attached hydrogens (tertiary/aromatic N) is 3. The highest BCUT2D eigenvalue weighted by Gasteiger charge is 2.11. The van der Waals surface area contributed by atoms with E-state index < -0.39 is 0 Å². The summed E-state index contributed by atoms with van der Waals surface area (Å²) in [6.07, 6.45) is 0. The van der Waals surface area contributed by atoms with Crippen molar-refractivity contribution in [2.75, 3.05) is 13.1 Å². The van der Waals surface area contributed by atoms with Crippen molar-refractivity contribution in [1.29, 1.82) is 5.26 Å². The van der Waals surface area contributed by atoms with E-state index in [0.29, 0.717) is 0 Å². The van der Waals surface area contributed by atoms with Crippen molar-refractivity contribution in [1.82, 2.24) is 9.88 Å². The SMILES string of the molecule is CCN(Cc1cc(C)nc2ccccc12)CC(C)C#N. The van der Waals surface area contributed by atoms with E-state index in [-0.39, 0.29) is 5.92 Å². The van der Waals surface area contributed by atoms with Crippen molar-refractivity contribution in [2.45, 2.75) is 27.3 Å². The summed E-state index contributed by atoms with van der Waals surface area (Å²) in [6, 6.07) is 12.7. The lowest BCUT2D eigenvalue weighted by atomic mass is 10.1. The van der Waals surface area contributed by atoms with Gasteiger partial charge in [0, 0.05) is 24.2 Å². The summed E-state index contributed by atoms with van der Waals surface area (Å²) in [5.74, 6) is 0.0594. The minimum atomic E-state index is 0.0594. The number of pyridine rings is 1. The Hall–Kier alpha value is -1.92. The number of aromatic nitrogens is 1. The van der Waals surface area contributed by atoms with E-state index >= 15 is 0 Å². The molecule has 0 aliphatic rings. The van der Waals surface area contributed by atoms with Crippen LogP contribution in [-0.4, -0.2) is 23.0 Å². The molecule has 3 heteroatoms. The summed E-state index contributed by atoms with van der Waals surface area (Å²) in [5, 5.41) is 10.2. The monoisotopic (exact) mass is 267 g/mol. The standard InChI is InChI=1S/C17H21N3/c1-4-20(11-13(2)10-18)12-15-9-14(3)19-17-8-6-5-7-16(15)17/h5-9,13H,4,11-12H2,1-3H3. The molecule has 1 aromatic carbocycles. The highest BCUT2D eigenvalue weighted by atomic mass is 15.1. The van der Waals surface area contributed by atoms with Crippen LogP contribution < -0.4 is 0 Å². The van der Waals surface area contributed by atoms with E-state index in [4.69, 9.17) is 5.26 Å². The van der Waals surface area contributed by atoms with Crippen LogP contribution in [0.1, 0.15) is 25.1 Å². The molecule has 0 amide bonds. The molecule has 0 bridgehead atoms. The second-order valence-corrected chi connectivity index (χ2v) is 5.30. The molecule has 3 nitrogen and oxygen atoms in total. The lowest BCUT2D eigenvalue weighted by Gasteiger charge is -2.22. The molecule has 0 radical (unpaired) electrons. The maximum atomic E-state index is 8.97. The van der Waals surface area contributed by atoms with Crippen molar-refractivity contribution in [2.24, 2.45) is 5.92 Å². The van der Waals surface area contributed by atoms with Crippen LogP contribution in [0.4, 0.5) is 0 Å². The van der Waals surface area contributed by atoms with E-state index in [9.17, 15) is 0 Å². The number of rotatable bonds is 5. The van der Waals surface area contributed by atoms with Gasteiger partial charge in [0.25, 0.3) is 0 Å². The van der Waals surface area contributed by atoms with E-state index in [2.05, 4.69) is 47.1 Å². The Balaban J connectivity index is 2.30. The van der Waals surface area contributed by atoms with Crippen LogP contribution in [0.5, 0.6) is 0 Å². The highest BCUT2D eigenvalue weighted by Crippen LogP contribution is 2.20. The number of fused-ring (bicyclic) bond motifs is 1. The summed E-state index contributed by atoms with van der Waals surface area (Å²) in [5.41, 5.74) is 3.38. The minimum absolute atomic E-state index is 0.0594. The maximum absolute atomic E-state index is 8.97. The van der Waals surface area contributed by atoms with Crippen LogP contribution in [0.2, 0.25) is 0 Å². The number of nitriles is 1. The number of hydrogen-bond acceptors (Lipinski definition) is 3. The first kappa shape index (κ1) is 14.5. The predicted molar refractivity (Wildman–Crippen MR) is 82.2 cm³/mol. The van der Waals surface area contributed by atoms with Crippen LogP contribution in [0.25, 0.3) is 10.9 Å². The van der Waals surface area contributed by atoms with Gasteiger partial charge in [-0.2, -0.15) is 5.26 Å². The van der Waals surface area contributed by atoms with Crippen molar-refractivity contribution in [3.05, 3.63) is 41.6 Å². The van der Waals surface area contributed by atoms with Gasteiger partial charge in [-0.1, -0.05) is 25.1 Å². The van der Waals surface area contributed by atoms with Gasteiger partial charge in [-0.15, -0.1) is 0 Å². The Morgan fingerprint density at radius 3 is 2.80 bits per heavy atom. The number of para-hydroxylation sites is 1. The maximum Gasteiger partial charge on any atom is 0.0708 e. The average Bonchev–Trinajstić information content (AvgIpc) is 2.46. The van der Waals surface area contributed by atoms with Crippen molar-refractivity contribution in [3.63, 3.8) is 0 Å². The number of aryl methyl sites for hydroxylation is 1. The fourth-order valence-corrected chi connectivity index (χ4v) is 2.50. The van der Waals surface area contributed by atoms with Gasteiger partial charge in [-0.05, 0) is 38.1 Å². The molecule has 0 fully saturated rings. The molecule has 1 unspecified atom stereocenters. The zero-order valence-corrected chi connectivity index (χ0v) is 12.4. The lowest BCUT2D eigenvalue weighted by Crippen LogP contribution is -2.27. The fraction of sp³-hybridized carbons (Fsp3) is 0.412. The average molecular weight is 267 g/mol. The van der Waals surface area contributed by atoms with E-state index in [1.54, 1.807) is 0 Å². The normalized spacial score (nSPS) is 12.6. The zero-order valence-electron chi connectivity index (χ0n) is 12.4. The third-order valence-corrected chi connectivity index (χ3v) is 3.52. The first-order valence-corrected chi connectivity index (χ1v) is 7.11. The Labute approximate surface area is 120 Å². The largest absolute Gasteiger partial charge is 0.298 e. The Morgan fingerprint density at radius 1 is 1.35 bits per heavy atom. The molecule has 2 aromatic rings. The van der Waals surface area contributed by atoms with E-state index in [0.717, 1.165) is 30.8 Å². The first-order chi connectivity index (χ1) is 9.63. The predicted octanol–water partition coefficient (Wildman–Crippen LogP) is 3.52. The highest BCUT2D eigenvalue weighted by molar-refractivity contribution is 5.82.